The first-order valence-electron chi connectivity index (χ1n) is 8.84. The summed E-state index contributed by atoms with van der Waals surface area (Å²) in [7, 11) is 0. The number of esters is 1. The van der Waals surface area contributed by atoms with Gasteiger partial charge in [0.05, 0.1) is 16.1 Å². The number of thiazole rings is 1. The largest absolute Gasteiger partial charge is 0.455 e. The van der Waals surface area contributed by atoms with E-state index in [2.05, 4.69) is 0 Å². The van der Waals surface area contributed by atoms with Gasteiger partial charge in [0.2, 0.25) is 0 Å². The van der Waals surface area contributed by atoms with Crippen LogP contribution in [-0.4, -0.2) is 11.0 Å². The lowest BCUT2D eigenvalue weighted by molar-refractivity contribution is 0.0472. The fraction of sp³-hybridized carbons (Fsp3) is 0.0435. The van der Waals surface area contributed by atoms with Gasteiger partial charge in [-0.2, -0.15) is 0 Å². The minimum Gasteiger partial charge on any atom is -0.455 e. The average molecular weight is 440 g/mol. The molecule has 0 atom stereocenters. The van der Waals surface area contributed by atoms with Crippen molar-refractivity contribution in [2.24, 2.45) is 0 Å². The third-order valence-corrected chi connectivity index (χ3v) is 5.81. The topological polar surface area (TPSA) is 39.2 Å². The molecule has 1 aromatic heterocycles. The molecule has 0 N–H and O–H groups in total. The Morgan fingerprint density at radius 2 is 1.41 bits per heavy atom. The maximum absolute atomic E-state index is 12.2. The molecule has 0 fully saturated rings. The number of ether oxygens (including phenoxy) is 1. The van der Waals surface area contributed by atoms with E-state index in [-0.39, 0.29) is 12.6 Å². The molecule has 144 valence electrons. The smallest absolute Gasteiger partial charge is 0.338 e. The highest BCUT2D eigenvalue weighted by molar-refractivity contribution is 7.15. The third kappa shape index (κ3) is 4.67. The van der Waals surface area contributed by atoms with Crippen LogP contribution in [0.4, 0.5) is 0 Å². The summed E-state index contributed by atoms with van der Waals surface area (Å²) in [6.45, 7) is 0.104. The van der Waals surface area contributed by atoms with Crippen molar-refractivity contribution in [1.82, 2.24) is 4.98 Å². The molecule has 1 heterocycles. The van der Waals surface area contributed by atoms with Crippen LogP contribution in [-0.2, 0) is 11.3 Å². The van der Waals surface area contributed by atoms with Gasteiger partial charge in [0.25, 0.3) is 0 Å². The lowest BCUT2D eigenvalue weighted by Gasteiger charge is -2.03. The second-order valence-electron chi connectivity index (χ2n) is 6.24. The van der Waals surface area contributed by atoms with E-state index in [1.807, 2.05) is 54.6 Å². The van der Waals surface area contributed by atoms with Crippen molar-refractivity contribution >= 4 is 40.5 Å². The van der Waals surface area contributed by atoms with E-state index in [4.69, 9.17) is 32.9 Å². The van der Waals surface area contributed by atoms with Crippen LogP contribution in [0.25, 0.3) is 21.7 Å². The SMILES string of the molecule is O=C(OCc1nc(-c2ccc(Cl)cc2)c(-c2ccc(Cl)cc2)s1)c1ccccc1. The molecule has 0 saturated carbocycles. The average Bonchev–Trinajstić information content (AvgIpc) is 3.18. The number of aromatic nitrogens is 1. The molecule has 29 heavy (non-hydrogen) atoms. The van der Waals surface area contributed by atoms with Gasteiger partial charge in [0, 0.05) is 15.6 Å². The maximum Gasteiger partial charge on any atom is 0.338 e. The van der Waals surface area contributed by atoms with Crippen LogP contribution in [0.3, 0.4) is 0 Å². The lowest BCUT2D eigenvalue weighted by Crippen LogP contribution is -2.04. The molecule has 0 amide bonds. The second-order valence-corrected chi connectivity index (χ2v) is 8.20. The van der Waals surface area contributed by atoms with Gasteiger partial charge in [-0.1, -0.05) is 65.7 Å². The molecule has 0 spiro atoms. The Labute approximate surface area is 182 Å². The number of hydrogen-bond acceptors (Lipinski definition) is 4. The summed E-state index contributed by atoms with van der Waals surface area (Å²) in [5, 5.41) is 2.04. The first kappa shape index (κ1) is 19.6. The van der Waals surface area contributed by atoms with Gasteiger partial charge in [0.1, 0.15) is 11.6 Å². The third-order valence-electron chi connectivity index (χ3n) is 4.23. The molecule has 0 unspecified atom stereocenters. The Hall–Kier alpha value is -2.66. The number of benzene rings is 3. The number of rotatable bonds is 5. The van der Waals surface area contributed by atoms with E-state index in [1.165, 1.54) is 11.3 Å². The predicted octanol–water partition coefficient (Wildman–Crippen LogP) is 7.14. The summed E-state index contributed by atoms with van der Waals surface area (Å²) in [6.07, 6.45) is 0. The molecule has 4 aromatic rings. The zero-order valence-electron chi connectivity index (χ0n) is 15.1. The summed E-state index contributed by atoms with van der Waals surface area (Å²) in [5.74, 6) is -0.373. The van der Waals surface area contributed by atoms with Crippen molar-refractivity contribution in [1.29, 1.82) is 0 Å². The Bertz CT molecular complexity index is 1060. The number of carbonyl (C=O) groups is 1. The van der Waals surface area contributed by atoms with Crippen molar-refractivity contribution < 1.29 is 9.53 Å². The van der Waals surface area contributed by atoms with Gasteiger partial charge in [0.15, 0.2) is 0 Å². The number of halogens is 2. The van der Waals surface area contributed by atoms with Gasteiger partial charge in [-0.3, -0.25) is 0 Å². The first-order valence-corrected chi connectivity index (χ1v) is 10.4. The molecule has 0 saturated heterocycles. The summed E-state index contributed by atoms with van der Waals surface area (Å²) < 4.78 is 5.46. The number of nitrogens with zero attached hydrogens (tertiary/aromatic N) is 1. The van der Waals surface area contributed by atoms with Crippen LogP contribution < -0.4 is 0 Å². The fourth-order valence-corrected chi connectivity index (χ4v) is 4.07. The zero-order valence-corrected chi connectivity index (χ0v) is 17.5. The molecule has 6 heteroatoms. The molecule has 0 aliphatic rings. The highest BCUT2D eigenvalue weighted by Crippen LogP contribution is 2.38. The number of carbonyl (C=O) groups excluding carboxylic acids is 1. The summed E-state index contributed by atoms with van der Waals surface area (Å²) in [4.78, 5) is 18.0. The van der Waals surface area contributed by atoms with Gasteiger partial charge >= 0.3 is 5.97 Å². The Morgan fingerprint density at radius 3 is 2.03 bits per heavy atom. The van der Waals surface area contributed by atoms with Crippen LogP contribution in [0, 0.1) is 0 Å². The fourth-order valence-electron chi connectivity index (χ4n) is 2.81. The van der Waals surface area contributed by atoms with Crippen molar-refractivity contribution in [2.75, 3.05) is 0 Å². The minimum absolute atomic E-state index is 0.104. The first-order chi connectivity index (χ1) is 14.1. The van der Waals surface area contributed by atoms with E-state index < -0.39 is 0 Å². The Balaban J connectivity index is 1.65. The highest BCUT2D eigenvalue weighted by atomic mass is 35.5. The molecule has 4 rings (SSSR count). The molecular weight excluding hydrogens is 425 g/mol. The van der Waals surface area contributed by atoms with Gasteiger partial charge in [-0.05, 0) is 42.0 Å². The maximum atomic E-state index is 12.2. The summed E-state index contributed by atoms with van der Waals surface area (Å²) >= 11 is 13.6. The standard InChI is InChI=1S/C23H15Cl2NO2S/c24-18-10-6-15(7-11-18)21-22(16-8-12-19(25)13-9-16)29-20(26-21)14-28-23(27)17-4-2-1-3-5-17/h1-13H,14H2. The quantitative estimate of drug-likeness (QED) is 0.310. The minimum atomic E-state index is -0.373. The van der Waals surface area contributed by atoms with Crippen molar-refractivity contribution in [2.45, 2.75) is 6.61 Å². The van der Waals surface area contributed by atoms with Crippen LogP contribution in [0.2, 0.25) is 10.0 Å². The molecule has 3 nitrogen and oxygen atoms in total. The van der Waals surface area contributed by atoms with Crippen LogP contribution in [0.15, 0.2) is 78.9 Å². The van der Waals surface area contributed by atoms with E-state index >= 15 is 0 Å². The highest BCUT2D eigenvalue weighted by Gasteiger charge is 2.16. The molecular formula is C23H15Cl2NO2S. The molecule has 3 aromatic carbocycles. The lowest BCUT2D eigenvalue weighted by atomic mass is 10.1. The molecule has 0 radical (unpaired) electrons. The van der Waals surface area contributed by atoms with Crippen molar-refractivity contribution in [3.8, 4) is 21.7 Å². The van der Waals surface area contributed by atoms with Gasteiger partial charge in [-0.15, -0.1) is 11.3 Å². The van der Waals surface area contributed by atoms with Crippen molar-refractivity contribution in [3.63, 3.8) is 0 Å². The van der Waals surface area contributed by atoms with E-state index in [9.17, 15) is 4.79 Å². The predicted molar refractivity (Wildman–Crippen MR) is 119 cm³/mol. The number of hydrogen-bond donors (Lipinski definition) is 0. The monoisotopic (exact) mass is 439 g/mol. The van der Waals surface area contributed by atoms with E-state index in [0.717, 1.165) is 21.7 Å². The van der Waals surface area contributed by atoms with E-state index in [0.29, 0.717) is 20.6 Å². The van der Waals surface area contributed by atoms with E-state index in [1.54, 1.807) is 24.3 Å². The van der Waals surface area contributed by atoms with Crippen LogP contribution >= 0.6 is 34.5 Å². The van der Waals surface area contributed by atoms with Crippen LogP contribution in [0.5, 0.6) is 0 Å². The molecule has 0 aliphatic carbocycles. The second kappa shape index (κ2) is 8.78. The zero-order chi connectivity index (χ0) is 20.2. The Kier molecular flexibility index (Phi) is 5.95. The molecule has 0 aliphatic heterocycles. The van der Waals surface area contributed by atoms with Gasteiger partial charge in [-0.25, -0.2) is 9.78 Å². The van der Waals surface area contributed by atoms with Crippen LogP contribution in [0.1, 0.15) is 15.4 Å². The molecule has 0 bridgehead atoms. The summed E-state index contributed by atoms with van der Waals surface area (Å²) in [5.41, 5.74) is 3.27. The van der Waals surface area contributed by atoms with Gasteiger partial charge < -0.3 is 4.74 Å². The Morgan fingerprint density at radius 1 is 0.828 bits per heavy atom. The van der Waals surface area contributed by atoms with Crippen molar-refractivity contribution in [3.05, 3.63) is 99.5 Å². The summed E-state index contributed by atoms with van der Waals surface area (Å²) in [6, 6.07) is 24.0. The normalized spacial score (nSPS) is 10.7.